The quantitative estimate of drug-likeness (QED) is 0.0347. The molecule has 0 saturated carbocycles. The number of carbonyl (C=O) groups excluding carboxylic acids is 2. The molecule has 1 rings (SSSR count). The van der Waals surface area contributed by atoms with E-state index >= 15 is 0 Å². The molecule has 0 aromatic rings. The van der Waals surface area contributed by atoms with Crippen LogP contribution in [0.3, 0.4) is 0 Å². The van der Waals surface area contributed by atoms with Crippen LogP contribution in [-0.2, 0) is 33.3 Å². The van der Waals surface area contributed by atoms with Gasteiger partial charge >= 0.3 is 17.9 Å². The summed E-state index contributed by atoms with van der Waals surface area (Å²) in [6, 6.07) is 0. The lowest BCUT2D eigenvalue weighted by Gasteiger charge is -2.38. The predicted molar refractivity (Wildman–Crippen MR) is 216 cm³/mol. The first-order valence-electron chi connectivity index (χ1n) is 22.6. The SMILES string of the molecule is CCCCCCCCCCCCCCCCCCCC(=O)OCC(COC1OC(C(=O)O)C(O)C(O)C1O)OC(=O)CCCCCCCCCCCCCC. The van der Waals surface area contributed by atoms with Gasteiger partial charge in [-0.3, -0.25) is 9.59 Å². The molecule has 0 bridgehead atoms. The number of ether oxygens (including phenoxy) is 4. The van der Waals surface area contributed by atoms with Crippen LogP contribution in [0.5, 0.6) is 0 Å². The van der Waals surface area contributed by atoms with Crippen LogP contribution in [0.15, 0.2) is 0 Å². The maximum Gasteiger partial charge on any atom is 0.335 e. The molecule has 11 nitrogen and oxygen atoms in total. The van der Waals surface area contributed by atoms with Gasteiger partial charge in [0.15, 0.2) is 18.5 Å². The summed E-state index contributed by atoms with van der Waals surface area (Å²) < 4.78 is 21.7. The van der Waals surface area contributed by atoms with Gasteiger partial charge in [-0.05, 0) is 12.8 Å². The average molecular weight is 787 g/mol. The second-order valence-electron chi connectivity index (χ2n) is 15.9. The average Bonchev–Trinajstić information content (AvgIpc) is 3.17. The van der Waals surface area contributed by atoms with Crippen LogP contribution in [0.4, 0.5) is 0 Å². The Morgan fingerprint density at radius 1 is 0.491 bits per heavy atom. The second-order valence-corrected chi connectivity index (χ2v) is 15.9. The molecule has 0 aliphatic carbocycles. The van der Waals surface area contributed by atoms with Gasteiger partial charge in [-0.15, -0.1) is 0 Å². The maximum absolute atomic E-state index is 12.7. The molecule has 11 heteroatoms. The van der Waals surface area contributed by atoms with Crippen molar-refractivity contribution >= 4 is 17.9 Å². The van der Waals surface area contributed by atoms with E-state index in [1.54, 1.807) is 0 Å². The minimum Gasteiger partial charge on any atom is -0.479 e. The molecular formula is C44H82O11. The van der Waals surface area contributed by atoms with Crippen LogP contribution in [0, 0.1) is 0 Å². The van der Waals surface area contributed by atoms with Crippen molar-refractivity contribution in [3.05, 3.63) is 0 Å². The van der Waals surface area contributed by atoms with Crippen molar-refractivity contribution in [1.29, 1.82) is 0 Å². The Morgan fingerprint density at radius 3 is 1.24 bits per heavy atom. The number of carboxylic acids is 1. The molecule has 6 atom stereocenters. The highest BCUT2D eigenvalue weighted by atomic mass is 16.7. The summed E-state index contributed by atoms with van der Waals surface area (Å²) >= 11 is 0. The third kappa shape index (κ3) is 27.5. The minimum atomic E-state index is -1.85. The Bertz CT molecular complexity index is 931. The standard InChI is InChI=1S/C44H82O11/c1-3-5-7-9-11-13-15-17-18-19-20-21-23-24-26-28-30-32-37(45)52-34-36(35-53-44-41(49)39(47)40(48)42(55-44)43(50)51)54-38(46)33-31-29-27-25-22-16-14-12-10-8-6-4-2/h36,39-42,44,47-49H,3-35H2,1-2H3,(H,50,51). The zero-order chi connectivity index (χ0) is 40.4. The van der Waals surface area contributed by atoms with Crippen molar-refractivity contribution in [2.24, 2.45) is 0 Å². The molecule has 0 aromatic carbocycles. The summed E-state index contributed by atoms with van der Waals surface area (Å²) in [7, 11) is 0. The number of aliphatic hydroxyl groups is 3. The number of hydrogen-bond donors (Lipinski definition) is 4. The van der Waals surface area contributed by atoms with E-state index in [9.17, 15) is 34.8 Å². The van der Waals surface area contributed by atoms with Crippen LogP contribution in [0.1, 0.15) is 213 Å². The van der Waals surface area contributed by atoms with E-state index in [2.05, 4.69) is 13.8 Å². The van der Waals surface area contributed by atoms with E-state index in [0.29, 0.717) is 12.8 Å². The van der Waals surface area contributed by atoms with Crippen molar-refractivity contribution in [3.8, 4) is 0 Å². The fraction of sp³-hybridized carbons (Fsp3) is 0.932. The highest BCUT2D eigenvalue weighted by molar-refractivity contribution is 5.73. The van der Waals surface area contributed by atoms with Crippen LogP contribution in [0.25, 0.3) is 0 Å². The van der Waals surface area contributed by atoms with Crippen molar-refractivity contribution in [3.63, 3.8) is 0 Å². The number of carbonyl (C=O) groups is 3. The van der Waals surface area contributed by atoms with Gasteiger partial charge in [-0.2, -0.15) is 0 Å². The van der Waals surface area contributed by atoms with Gasteiger partial charge in [-0.25, -0.2) is 4.79 Å². The number of aliphatic hydroxyl groups excluding tert-OH is 3. The smallest absolute Gasteiger partial charge is 0.335 e. The molecule has 4 N–H and O–H groups in total. The Hall–Kier alpha value is -1.79. The lowest BCUT2D eigenvalue weighted by Crippen LogP contribution is -2.60. The summed E-state index contributed by atoms with van der Waals surface area (Å²) in [4.78, 5) is 36.8. The van der Waals surface area contributed by atoms with E-state index < -0.39 is 54.7 Å². The van der Waals surface area contributed by atoms with E-state index in [-0.39, 0.29) is 26.1 Å². The van der Waals surface area contributed by atoms with Gasteiger partial charge in [0.25, 0.3) is 0 Å². The monoisotopic (exact) mass is 787 g/mol. The summed E-state index contributed by atoms with van der Waals surface area (Å²) in [6.45, 7) is 3.83. The largest absolute Gasteiger partial charge is 0.479 e. The highest BCUT2D eigenvalue weighted by Gasteiger charge is 2.47. The molecule has 1 aliphatic heterocycles. The summed E-state index contributed by atoms with van der Waals surface area (Å²) in [5.74, 6) is -2.43. The minimum absolute atomic E-state index is 0.190. The molecule has 0 radical (unpaired) electrons. The van der Waals surface area contributed by atoms with E-state index in [1.807, 2.05) is 0 Å². The van der Waals surface area contributed by atoms with Gasteiger partial charge in [0, 0.05) is 12.8 Å². The summed E-state index contributed by atoms with van der Waals surface area (Å²) in [5, 5.41) is 39.8. The van der Waals surface area contributed by atoms with Crippen LogP contribution in [0.2, 0.25) is 0 Å². The van der Waals surface area contributed by atoms with Crippen molar-refractivity contribution in [2.45, 2.75) is 250 Å². The molecule has 1 heterocycles. The summed E-state index contributed by atoms with van der Waals surface area (Å²) in [5.41, 5.74) is 0. The normalized spacial score (nSPS) is 20.3. The Kier molecular flexibility index (Phi) is 33.0. The fourth-order valence-corrected chi connectivity index (χ4v) is 7.12. The first kappa shape index (κ1) is 51.2. The van der Waals surface area contributed by atoms with Crippen molar-refractivity contribution in [2.75, 3.05) is 13.2 Å². The van der Waals surface area contributed by atoms with Gasteiger partial charge in [-0.1, -0.05) is 187 Å². The topological polar surface area (TPSA) is 169 Å². The molecule has 0 amide bonds. The van der Waals surface area contributed by atoms with Gasteiger partial charge in [0.2, 0.25) is 0 Å². The number of carboxylic acid groups (broad SMARTS) is 1. The van der Waals surface area contributed by atoms with Crippen LogP contribution in [-0.4, -0.2) is 88.4 Å². The number of hydrogen-bond acceptors (Lipinski definition) is 10. The van der Waals surface area contributed by atoms with Crippen LogP contribution >= 0.6 is 0 Å². The predicted octanol–water partition coefficient (Wildman–Crippen LogP) is 9.48. The van der Waals surface area contributed by atoms with E-state index in [0.717, 1.165) is 38.5 Å². The van der Waals surface area contributed by atoms with Crippen LogP contribution < -0.4 is 0 Å². The second kappa shape index (κ2) is 35.4. The Balaban J connectivity index is 2.33. The van der Waals surface area contributed by atoms with Gasteiger partial charge in [0.1, 0.15) is 24.9 Å². The molecule has 1 saturated heterocycles. The molecule has 1 aliphatic rings. The van der Waals surface area contributed by atoms with Gasteiger partial charge in [0.05, 0.1) is 6.61 Å². The first-order valence-corrected chi connectivity index (χ1v) is 22.6. The lowest BCUT2D eigenvalue weighted by molar-refractivity contribution is -0.298. The number of aliphatic carboxylic acids is 1. The summed E-state index contributed by atoms with van der Waals surface area (Å²) in [6.07, 6.45) is 25.8. The molecule has 324 valence electrons. The molecular weight excluding hydrogens is 704 g/mol. The van der Waals surface area contributed by atoms with E-state index in [1.165, 1.54) is 135 Å². The van der Waals surface area contributed by atoms with E-state index in [4.69, 9.17) is 18.9 Å². The zero-order valence-electron chi connectivity index (χ0n) is 34.9. The number of esters is 2. The lowest BCUT2D eigenvalue weighted by atomic mass is 9.99. The molecule has 1 fully saturated rings. The number of unbranched alkanes of at least 4 members (excludes halogenated alkanes) is 27. The maximum atomic E-state index is 12.7. The molecule has 6 unspecified atom stereocenters. The zero-order valence-corrected chi connectivity index (χ0v) is 34.9. The molecule has 55 heavy (non-hydrogen) atoms. The first-order chi connectivity index (χ1) is 26.7. The molecule has 0 spiro atoms. The third-order valence-electron chi connectivity index (χ3n) is 10.7. The van der Waals surface area contributed by atoms with Gasteiger partial charge < -0.3 is 39.4 Å². The Morgan fingerprint density at radius 2 is 0.855 bits per heavy atom. The third-order valence-corrected chi connectivity index (χ3v) is 10.7. The fourth-order valence-electron chi connectivity index (χ4n) is 7.12. The number of rotatable bonds is 38. The highest BCUT2D eigenvalue weighted by Crippen LogP contribution is 2.23. The molecule has 0 aromatic heterocycles. The Labute approximate surface area is 334 Å². The van der Waals surface area contributed by atoms with Crippen molar-refractivity contribution < 1.29 is 53.8 Å². The van der Waals surface area contributed by atoms with Crippen molar-refractivity contribution in [1.82, 2.24) is 0 Å².